The summed E-state index contributed by atoms with van der Waals surface area (Å²) in [6.07, 6.45) is 3.48. The molecule has 1 fully saturated rings. The van der Waals surface area contributed by atoms with E-state index >= 15 is 0 Å². The lowest BCUT2D eigenvalue weighted by Gasteiger charge is -2.18. The van der Waals surface area contributed by atoms with Crippen LogP contribution in [0, 0.1) is 0 Å². The third kappa shape index (κ3) is 6.81. The second-order valence-corrected chi connectivity index (χ2v) is 7.62. The predicted molar refractivity (Wildman–Crippen MR) is 99.6 cm³/mol. The number of thioether (sulfide) groups is 1. The molecule has 0 heterocycles. The molecule has 0 unspecified atom stereocenters. The van der Waals surface area contributed by atoms with Gasteiger partial charge in [0.2, 0.25) is 0 Å². The van der Waals surface area contributed by atoms with Crippen molar-refractivity contribution in [2.24, 2.45) is 4.99 Å². The van der Waals surface area contributed by atoms with Crippen LogP contribution in [0.5, 0.6) is 0 Å². The van der Waals surface area contributed by atoms with Crippen molar-refractivity contribution in [3.8, 4) is 0 Å². The minimum atomic E-state index is -0.457. The molecule has 1 saturated carbocycles. The van der Waals surface area contributed by atoms with Crippen LogP contribution in [0.3, 0.4) is 0 Å². The average Bonchev–Trinajstić information content (AvgIpc) is 3.38. The summed E-state index contributed by atoms with van der Waals surface area (Å²) in [6, 6.07) is 6.70. The lowest BCUT2D eigenvalue weighted by molar-refractivity contribution is 0.309. The summed E-state index contributed by atoms with van der Waals surface area (Å²) >= 11 is 3.19. The number of halogens is 1. The molecule has 0 bridgehead atoms. The van der Waals surface area contributed by atoms with E-state index < -0.39 is 6.80 Å². The summed E-state index contributed by atoms with van der Waals surface area (Å²) in [5, 5.41) is 6.56. The van der Waals surface area contributed by atoms with Crippen molar-refractivity contribution >= 4 is 36.1 Å². The van der Waals surface area contributed by atoms with E-state index in [2.05, 4.69) is 28.4 Å². The molecule has 0 atom stereocenters. The maximum atomic E-state index is 13.2. The molecule has 2 rings (SSSR count). The molecule has 2 N–H and O–H groups in total. The van der Waals surface area contributed by atoms with Crippen molar-refractivity contribution in [1.29, 1.82) is 0 Å². The Kier molecular flexibility index (Phi) is 8.39. The van der Waals surface area contributed by atoms with Gasteiger partial charge in [-0.3, -0.25) is 4.99 Å². The second kappa shape index (κ2) is 10.3. The Hall–Kier alpha value is -0.600. The largest absolute Gasteiger partial charge is 0.320 e. The van der Waals surface area contributed by atoms with Crippen LogP contribution in [0.4, 0.5) is 10.1 Å². The SMILES string of the molecule is C=Nc1ccc(SN(CF)CCCNC)cc1SCNC1CC1. The van der Waals surface area contributed by atoms with E-state index in [1.807, 2.05) is 19.2 Å². The van der Waals surface area contributed by atoms with E-state index in [9.17, 15) is 4.39 Å². The molecule has 0 spiro atoms. The number of alkyl halides is 1. The number of hydrogen-bond acceptors (Lipinski definition) is 6. The van der Waals surface area contributed by atoms with Gasteiger partial charge in [-0.15, -0.1) is 11.8 Å². The van der Waals surface area contributed by atoms with Crippen molar-refractivity contribution < 1.29 is 4.39 Å². The number of hydrogen-bond donors (Lipinski definition) is 2. The molecule has 7 heteroatoms. The summed E-state index contributed by atoms with van der Waals surface area (Å²) in [5.74, 6) is 0.871. The molecule has 0 aromatic heterocycles. The first-order valence-electron chi connectivity index (χ1n) is 7.87. The van der Waals surface area contributed by atoms with Crippen molar-refractivity contribution in [3.05, 3.63) is 18.2 Å². The summed E-state index contributed by atoms with van der Waals surface area (Å²) in [5.41, 5.74) is 0.888. The van der Waals surface area contributed by atoms with Crippen LogP contribution in [0.25, 0.3) is 0 Å². The van der Waals surface area contributed by atoms with Crippen molar-refractivity contribution in [2.45, 2.75) is 35.1 Å². The Morgan fingerprint density at radius 2 is 2.26 bits per heavy atom. The molecule has 1 aliphatic carbocycles. The molecule has 0 aliphatic heterocycles. The summed E-state index contributed by atoms with van der Waals surface area (Å²) < 4.78 is 14.9. The standard InChI is InChI=1S/C16H25FN4S2/c1-18-8-3-9-21(11-17)23-14-6-7-15(19-2)16(10-14)22-12-20-13-4-5-13/h6-7,10,13,18,20H,2-5,8-9,11-12H2,1H3. The second-order valence-electron chi connectivity index (χ2n) is 5.43. The monoisotopic (exact) mass is 356 g/mol. The van der Waals surface area contributed by atoms with E-state index in [0.717, 1.165) is 40.9 Å². The van der Waals surface area contributed by atoms with Crippen LogP contribution < -0.4 is 10.6 Å². The quantitative estimate of drug-likeness (QED) is 0.149. The third-order valence-electron chi connectivity index (χ3n) is 3.48. The average molecular weight is 357 g/mol. The molecule has 1 aromatic rings. The molecule has 0 radical (unpaired) electrons. The Balaban J connectivity index is 1.92. The maximum absolute atomic E-state index is 13.2. The minimum absolute atomic E-state index is 0.457. The van der Waals surface area contributed by atoms with Crippen molar-refractivity contribution in [1.82, 2.24) is 14.9 Å². The Morgan fingerprint density at radius 1 is 1.43 bits per heavy atom. The zero-order valence-corrected chi connectivity index (χ0v) is 15.2. The Bertz CT molecular complexity index is 497. The normalized spacial score (nSPS) is 14.4. The first-order valence-corrected chi connectivity index (χ1v) is 9.63. The first kappa shape index (κ1) is 18.7. The molecule has 4 nitrogen and oxygen atoms in total. The maximum Gasteiger partial charge on any atom is 0.152 e. The molecule has 23 heavy (non-hydrogen) atoms. The highest BCUT2D eigenvalue weighted by molar-refractivity contribution is 7.99. The van der Waals surface area contributed by atoms with Gasteiger partial charge in [0, 0.05) is 28.3 Å². The fraction of sp³-hybridized carbons (Fsp3) is 0.562. The van der Waals surface area contributed by atoms with Crippen LogP contribution in [0.1, 0.15) is 19.3 Å². The van der Waals surface area contributed by atoms with Gasteiger partial charge in [0.1, 0.15) is 0 Å². The van der Waals surface area contributed by atoms with Gasteiger partial charge in [-0.05, 0) is 69.7 Å². The van der Waals surface area contributed by atoms with Gasteiger partial charge in [-0.25, -0.2) is 8.70 Å². The molecular formula is C16H25FN4S2. The van der Waals surface area contributed by atoms with Gasteiger partial charge in [-0.2, -0.15) is 0 Å². The molecule has 1 aliphatic rings. The number of rotatable bonds is 12. The molecular weight excluding hydrogens is 331 g/mol. The smallest absolute Gasteiger partial charge is 0.152 e. The number of benzene rings is 1. The fourth-order valence-corrected chi connectivity index (χ4v) is 3.94. The highest BCUT2D eigenvalue weighted by Gasteiger charge is 2.20. The van der Waals surface area contributed by atoms with Crippen LogP contribution in [-0.4, -0.2) is 49.9 Å². The van der Waals surface area contributed by atoms with E-state index in [1.54, 1.807) is 16.1 Å². The highest BCUT2D eigenvalue weighted by atomic mass is 32.2. The zero-order valence-electron chi connectivity index (χ0n) is 13.6. The lowest BCUT2D eigenvalue weighted by atomic mass is 10.3. The Morgan fingerprint density at radius 3 is 2.91 bits per heavy atom. The van der Waals surface area contributed by atoms with Crippen LogP contribution in [0.2, 0.25) is 0 Å². The highest BCUT2D eigenvalue weighted by Crippen LogP contribution is 2.34. The van der Waals surface area contributed by atoms with E-state index in [1.165, 1.54) is 24.8 Å². The summed E-state index contributed by atoms with van der Waals surface area (Å²) in [4.78, 5) is 6.21. The van der Waals surface area contributed by atoms with Crippen LogP contribution >= 0.6 is 23.7 Å². The van der Waals surface area contributed by atoms with Gasteiger partial charge >= 0.3 is 0 Å². The molecule has 0 amide bonds. The Labute approximate surface area is 146 Å². The van der Waals surface area contributed by atoms with Gasteiger partial charge in [0.05, 0.1) is 5.69 Å². The number of nitrogens with zero attached hydrogens (tertiary/aromatic N) is 2. The molecule has 1 aromatic carbocycles. The van der Waals surface area contributed by atoms with Gasteiger partial charge in [0.25, 0.3) is 0 Å². The van der Waals surface area contributed by atoms with Gasteiger partial charge in [-0.1, -0.05) is 0 Å². The van der Waals surface area contributed by atoms with Crippen molar-refractivity contribution in [3.63, 3.8) is 0 Å². The lowest BCUT2D eigenvalue weighted by Crippen LogP contribution is -2.20. The van der Waals surface area contributed by atoms with E-state index in [0.29, 0.717) is 6.04 Å². The number of nitrogens with one attached hydrogen (secondary N) is 2. The van der Waals surface area contributed by atoms with Gasteiger partial charge < -0.3 is 10.6 Å². The predicted octanol–water partition coefficient (Wildman–Crippen LogP) is 3.67. The van der Waals surface area contributed by atoms with E-state index in [4.69, 9.17) is 0 Å². The fourth-order valence-electron chi connectivity index (χ4n) is 2.03. The summed E-state index contributed by atoms with van der Waals surface area (Å²) in [6.45, 7) is 4.79. The number of aliphatic imine (C=N–C) groups is 1. The van der Waals surface area contributed by atoms with Crippen LogP contribution in [0.15, 0.2) is 33.0 Å². The molecule has 128 valence electrons. The first-order chi connectivity index (χ1) is 11.3. The zero-order chi connectivity index (χ0) is 16.5. The van der Waals surface area contributed by atoms with Crippen LogP contribution in [-0.2, 0) is 0 Å². The van der Waals surface area contributed by atoms with Gasteiger partial charge in [0.15, 0.2) is 6.80 Å². The van der Waals surface area contributed by atoms with Crippen molar-refractivity contribution in [2.75, 3.05) is 32.8 Å². The topological polar surface area (TPSA) is 39.7 Å². The molecule has 0 saturated heterocycles. The summed E-state index contributed by atoms with van der Waals surface area (Å²) in [7, 11) is 1.91. The third-order valence-corrected chi connectivity index (χ3v) is 5.43. The van der Waals surface area contributed by atoms with E-state index in [-0.39, 0.29) is 0 Å². The minimum Gasteiger partial charge on any atom is -0.320 e.